The molecule has 0 aliphatic rings. The number of halogens is 2. The highest BCUT2D eigenvalue weighted by Crippen LogP contribution is 2.22. The van der Waals surface area contributed by atoms with Crippen LogP contribution in [0.4, 0.5) is 8.78 Å². The Bertz CT molecular complexity index is 514. The Kier molecular flexibility index (Phi) is 3.99. The fourth-order valence-corrected chi connectivity index (χ4v) is 1.88. The summed E-state index contributed by atoms with van der Waals surface area (Å²) in [6.07, 6.45) is 3.36. The van der Waals surface area contributed by atoms with E-state index in [1.165, 1.54) is 6.07 Å². The minimum atomic E-state index is -0.830. The third-order valence-corrected chi connectivity index (χ3v) is 2.72. The highest BCUT2D eigenvalue weighted by atomic mass is 19.2. The molecular weight excluding hydrogens is 234 g/mol. The van der Waals surface area contributed by atoms with Crippen LogP contribution in [0.1, 0.15) is 24.1 Å². The predicted molar refractivity (Wildman–Crippen MR) is 66.1 cm³/mol. The Balaban J connectivity index is 2.38. The molecule has 1 heterocycles. The Labute approximate surface area is 105 Å². The minimum Gasteiger partial charge on any atom is -0.307 e. The fraction of sp³-hybridized carbons (Fsp3) is 0.214. The van der Waals surface area contributed by atoms with E-state index >= 15 is 0 Å². The number of benzene rings is 1. The average Bonchev–Trinajstić information content (AvgIpc) is 2.40. The first kappa shape index (κ1) is 12.6. The van der Waals surface area contributed by atoms with Gasteiger partial charge in [0.2, 0.25) is 0 Å². The second kappa shape index (κ2) is 5.69. The van der Waals surface area contributed by atoms with Gasteiger partial charge < -0.3 is 5.32 Å². The van der Waals surface area contributed by atoms with Crippen LogP contribution in [0.2, 0.25) is 0 Å². The lowest BCUT2D eigenvalue weighted by Crippen LogP contribution is -2.22. The molecule has 1 unspecified atom stereocenters. The molecule has 94 valence electrons. The summed E-state index contributed by atoms with van der Waals surface area (Å²) in [6, 6.07) is 7.52. The summed E-state index contributed by atoms with van der Waals surface area (Å²) in [5, 5.41) is 3.24. The van der Waals surface area contributed by atoms with E-state index in [4.69, 9.17) is 0 Å². The third-order valence-electron chi connectivity index (χ3n) is 2.72. The molecule has 18 heavy (non-hydrogen) atoms. The first-order valence-electron chi connectivity index (χ1n) is 5.80. The van der Waals surface area contributed by atoms with Crippen LogP contribution < -0.4 is 5.32 Å². The summed E-state index contributed by atoms with van der Waals surface area (Å²) in [5.74, 6) is -1.66. The van der Waals surface area contributed by atoms with Crippen molar-refractivity contribution in [3.63, 3.8) is 0 Å². The van der Waals surface area contributed by atoms with Crippen molar-refractivity contribution in [3.8, 4) is 0 Å². The van der Waals surface area contributed by atoms with Gasteiger partial charge >= 0.3 is 0 Å². The number of hydrogen-bond donors (Lipinski definition) is 1. The van der Waals surface area contributed by atoms with Crippen molar-refractivity contribution in [2.24, 2.45) is 0 Å². The second-order valence-electron chi connectivity index (χ2n) is 3.94. The minimum absolute atomic E-state index is 0.159. The summed E-state index contributed by atoms with van der Waals surface area (Å²) in [6.45, 7) is 2.69. The van der Waals surface area contributed by atoms with Crippen molar-refractivity contribution in [2.75, 3.05) is 6.54 Å². The molecule has 1 aromatic carbocycles. The maximum Gasteiger partial charge on any atom is 0.159 e. The van der Waals surface area contributed by atoms with Gasteiger partial charge in [-0.25, -0.2) is 8.78 Å². The largest absolute Gasteiger partial charge is 0.307 e. The van der Waals surface area contributed by atoms with Crippen LogP contribution in [-0.2, 0) is 0 Å². The molecule has 0 spiro atoms. The van der Waals surface area contributed by atoms with Crippen LogP contribution in [0.5, 0.6) is 0 Å². The number of nitrogens with one attached hydrogen (secondary N) is 1. The van der Waals surface area contributed by atoms with E-state index in [2.05, 4.69) is 10.3 Å². The van der Waals surface area contributed by atoms with E-state index in [0.717, 1.165) is 18.2 Å². The maximum absolute atomic E-state index is 13.3. The molecule has 2 rings (SSSR count). The Hall–Kier alpha value is -1.81. The number of aromatic nitrogens is 1. The molecular formula is C14H14F2N2. The molecule has 0 saturated heterocycles. The highest BCUT2D eigenvalue weighted by molar-refractivity contribution is 5.31. The zero-order valence-corrected chi connectivity index (χ0v) is 10.0. The molecule has 0 bridgehead atoms. The third kappa shape index (κ3) is 2.71. The topological polar surface area (TPSA) is 24.9 Å². The van der Waals surface area contributed by atoms with E-state index in [-0.39, 0.29) is 6.04 Å². The molecule has 1 atom stereocenters. The molecule has 2 nitrogen and oxygen atoms in total. The van der Waals surface area contributed by atoms with Gasteiger partial charge in [0.15, 0.2) is 11.6 Å². The second-order valence-corrected chi connectivity index (χ2v) is 3.94. The summed E-state index contributed by atoms with van der Waals surface area (Å²) < 4.78 is 26.2. The monoisotopic (exact) mass is 248 g/mol. The Morgan fingerprint density at radius 2 is 1.78 bits per heavy atom. The summed E-state index contributed by atoms with van der Waals surface area (Å²) >= 11 is 0. The first-order valence-corrected chi connectivity index (χ1v) is 5.80. The van der Waals surface area contributed by atoms with Gasteiger partial charge in [0.1, 0.15) is 0 Å². The summed E-state index contributed by atoms with van der Waals surface area (Å²) in [7, 11) is 0. The van der Waals surface area contributed by atoms with Gasteiger partial charge in [0.25, 0.3) is 0 Å². The summed E-state index contributed by atoms with van der Waals surface area (Å²) in [5.41, 5.74) is 1.67. The van der Waals surface area contributed by atoms with Gasteiger partial charge in [0, 0.05) is 12.4 Å². The zero-order chi connectivity index (χ0) is 13.0. The van der Waals surface area contributed by atoms with Gasteiger partial charge in [0.05, 0.1) is 6.04 Å². The van der Waals surface area contributed by atoms with Crippen molar-refractivity contribution in [1.29, 1.82) is 0 Å². The van der Waals surface area contributed by atoms with Gasteiger partial charge in [-0.1, -0.05) is 13.0 Å². The molecule has 4 heteroatoms. The zero-order valence-electron chi connectivity index (χ0n) is 10.0. The van der Waals surface area contributed by atoms with E-state index < -0.39 is 11.6 Å². The van der Waals surface area contributed by atoms with Crippen LogP contribution in [0.3, 0.4) is 0 Å². The van der Waals surface area contributed by atoms with E-state index in [1.54, 1.807) is 18.5 Å². The SMILES string of the molecule is CCNC(c1ccncc1)c1ccc(F)c(F)c1. The van der Waals surface area contributed by atoms with Crippen LogP contribution >= 0.6 is 0 Å². The molecule has 0 fully saturated rings. The van der Waals surface area contributed by atoms with Crippen molar-refractivity contribution < 1.29 is 8.78 Å². The molecule has 1 aromatic heterocycles. The predicted octanol–water partition coefficient (Wildman–Crippen LogP) is 3.06. The van der Waals surface area contributed by atoms with E-state index in [0.29, 0.717) is 5.56 Å². The molecule has 0 amide bonds. The fourth-order valence-electron chi connectivity index (χ4n) is 1.88. The molecule has 0 saturated carbocycles. The first-order chi connectivity index (χ1) is 8.72. The van der Waals surface area contributed by atoms with Gasteiger partial charge in [-0.2, -0.15) is 0 Å². The van der Waals surface area contributed by atoms with Crippen LogP contribution in [-0.4, -0.2) is 11.5 Å². The van der Waals surface area contributed by atoms with Crippen molar-refractivity contribution in [2.45, 2.75) is 13.0 Å². The summed E-state index contributed by atoms with van der Waals surface area (Å²) in [4.78, 5) is 3.95. The highest BCUT2D eigenvalue weighted by Gasteiger charge is 2.14. The normalized spacial score (nSPS) is 12.4. The van der Waals surface area contributed by atoms with Crippen molar-refractivity contribution in [3.05, 3.63) is 65.5 Å². The van der Waals surface area contributed by atoms with E-state index in [9.17, 15) is 8.78 Å². The molecule has 0 aliphatic heterocycles. The molecule has 1 N–H and O–H groups in total. The maximum atomic E-state index is 13.3. The molecule has 2 aromatic rings. The molecule has 0 aliphatic carbocycles. The lowest BCUT2D eigenvalue weighted by atomic mass is 9.99. The standard InChI is InChI=1S/C14H14F2N2/c1-2-18-14(10-5-7-17-8-6-10)11-3-4-12(15)13(16)9-11/h3-9,14,18H,2H2,1H3. The van der Waals surface area contributed by atoms with Gasteiger partial charge in [-0.15, -0.1) is 0 Å². The van der Waals surface area contributed by atoms with Crippen molar-refractivity contribution in [1.82, 2.24) is 10.3 Å². The Morgan fingerprint density at radius 1 is 1.06 bits per heavy atom. The number of nitrogens with zero attached hydrogens (tertiary/aromatic N) is 1. The smallest absolute Gasteiger partial charge is 0.159 e. The van der Waals surface area contributed by atoms with E-state index in [1.807, 2.05) is 19.1 Å². The Morgan fingerprint density at radius 3 is 2.39 bits per heavy atom. The lowest BCUT2D eigenvalue weighted by Gasteiger charge is -2.18. The van der Waals surface area contributed by atoms with Crippen LogP contribution in [0, 0.1) is 11.6 Å². The number of rotatable bonds is 4. The quantitative estimate of drug-likeness (QED) is 0.899. The van der Waals surface area contributed by atoms with Crippen LogP contribution in [0.15, 0.2) is 42.7 Å². The van der Waals surface area contributed by atoms with Crippen LogP contribution in [0.25, 0.3) is 0 Å². The van der Waals surface area contributed by atoms with Gasteiger partial charge in [-0.3, -0.25) is 4.98 Å². The number of pyridine rings is 1. The van der Waals surface area contributed by atoms with Crippen molar-refractivity contribution >= 4 is 0 Å². The molecule has 0 radical (unpaired) electrons. The number of hydrogen-bond acceptors (Lipinski definition) is 2. The average molecular weight is 248 g/mol. The van der Waals surface area contributed by atoms with Gasteiger partial charge in [-0.05, 0) is 41.9 Å². The lowest BCUT2D eigenvalue weighted by molar-refractivity contribution is 0.504.